The highest BCUT2D eigenvalue weighted by molar-refractivity contribution is 5.94. The van der Waals surface area contributed by atoms with Crippen molar-refractivity contribution in [2.45, 2.75) is 25.5 Å². The van der Waals surface area contributed by atoms with Crippen LogP contribution in [0.2, 0.25) is 0 Å². The molecule has 1 heterocycles. The molecule has 2 amide bonds. The van der Waals surface area contributed by atoms with Crippen LogP contribution in [0.3, 0.4) is 0 Å². The number of hydrogen-bond acceptors (Lipinski definition) is 5. The van der Waals surface area contributed by atoms with Crippen LogP contribution >= 0.6 is 0 Å². The third-order valence-corrected chi connectivity index (χ3v) is 5.33. The van der Waals surface area contributed by atoms with Gasteiger partial charge < -0.3 is 24.8 Å². The number of carbonyl (C=O) groups excluding carboxylic acids is 2. The van der Waals surface area contributed by atoms with Gasteiger partial charge in [-0.1, -0.05) is 30.9 Å². The van der Waals surface area contributed by atoms with E-state index in [2.05, 4.69) is 6.58 Å². The highest BCUT2D eigenvalue weighted by Crippen LogP contribution is 2.29. The summed E-state index contributed by atoms with van der Waals surface area (Å²) in [5, 5.41) is 0. The maximum atomic E-state index is 13.1. The van der Waals surface area contributed by atoms with Crippen LogP contribution in [0.25, 0.3) is 6.08 Å². The summed E-state index contributed by atoms with van der Waals surface area (Å²) in [5.41, 5.74) is 7.43. The average Bonchev–Trinajstić information content (AvgIpc) is 3.34. The Labute approximate surface area is 194 Å². The van der Waals surface area contributed by atoms with Crippen LogP contribution in [0, 0.1) is 0 Å². The summed E-state index contributed by atoms with van der Waals surface area (Å²) in [7, 11) is 1.58. The molecule has 2 aromatic rings. The van der Waals surface area contributed by atoms with E-state index in [0.717, 1.165) is 30.6 Å². The second kappa shape index (κ2) is 11.9. The van der Waals surface area contributed by atoms with E-state index in [-0.39, 0.29) is 12.0 Å². The van der Waals surface area contributed by atoms with Gasteiger partial charge in [-0.3, -0.25) is 9.59 Å². The van der Waals surface area contributed by atoms with Gasteiger partial charge in [-0.05, 0) is 54.3 Å². The minimum atomic E-state index is -0.485. The van der Waals surface area contributed by atoms with Crippen LogP contribution < -0.4 is 15.2 Å². The van der Waals surface area contributed by atoms with Gasteiger partial charge in [-0.25, -0.2) is 0 Å². The molecule has 1 aliphatic rings. The first-order valence-corrected chi connectivity index (χ1v) is 10.9. The topological polar surface area (TPSA) is 91.1 Å². The van der Waals surface area contributed by atoms with Crippen LogP contribution in [-0.4, -0.2) is 49.7 Å². The zero-order valence-corrected chi connectivity index (χ0v) is 18.9. The number of carbonyl (C=O) groups is 2. The first-order chi connectivity index (χ1) is 16.0. The van der Waals surface area contributed by atoms with Gasteiger partial charge in [-0.15, -0.1) is 0 Å². The van der Waals surface area contributed by atoms with Gasteiger partial charge in [-0.2, -0.15) is 0 Å². The summed E-state index contributed by atoms with van der Waals surface area (Å²) in [6.45, 7) is 5.66. The molecular weight excluding hydrogens is 420 g/mol. The Morgan fingerprint density at radius 3 is 2.64 bits per heavy atom. The SMILES string of the molecule is C=CCOc1ccc(CN(CC2CCCO2)C(=O)C=Cc2ccc(C(N)=O)cc2)cc1OC. The Morgan fingerprint density at radius 2 is 2.00 bits per heavy atom. The van der Waals surface area contributed by atoms with E-state index in [1.54, 1.807) is 48.4 Å². The first kappa shape index (κ1) is 24.1. The van der Waals surface area contributed by atoms with Crippen LogP contribution in [0.15, 0.2) is 61.2 Å². The predicted octanol–water partition coefficient (Wildman–Crippen LogP) is 3.58. The number of primary amides is 1. The van der Waals surface area contributed by atoms with Crippen molar-refractivity contribution in [2.75, 3.05) is 26.9 Å². The molecule has 0 aromatic heterocycles. The molecule has 3 rings (SSSR count). The molecular formula is C26H30N2O5. The number of benzene rings is 2. The molecule has 33 heavy (non-hydrogen) atoms. The van der Waals surface area contributed by atoms with Crippen LogP contribution in [0.4, 0.5) is 0 Å². The average molecular weight is 451 g/mol. The molecule has 2 aromatic carbocycles. The normalized spacial score (nSPS) is 15.4. The molecule has 0 saturated carbocycles. The van der Waals surface area contributed by atoms with Gasteiger partial charge >= 0.3 is 0 Å². The van der Waals surface area contributed by atoms with Crippen LogP contribution in [-0.2, 0) is 16.1 Å². The number of amides is 2. The minimum Gasteiger partial charge on any atom is -0.493 e. The summed E-state index contributed by atoms with van der Waals surface area (Å²) < 4.78 is 16.8. The van der Waals surface area contributed by atoms with E-state index in [1.165, 1.54) is 6.08 Å². The lowest BCUT2D eigenvalue weighted by molar-refractivity contribution is -0.128. The zero-order valence-electron chi connectivity index (χ0n) is 18.9. The second-order valence-electron chi connectivity index (χ2n) is 7.76. The van der Waals surface area contributed by atoms with Crippen molar-refractivity contribution in [1.82, 2.24) is 4.90 Å². The largest absolute Gasteiger partial charge is 0.493 e. The molecule has 0 bridgehead atoms. The zero-order chi connectivity index (χ0) is 23.6. The van der Waals surface area contributed by atoms with Crippen molar-refractivity contribution in [1.29, 1.82) is 0 Å². The maximum Gasteiger partial charge on any atom is 0.248 e. The quantitative estimate of drug-likeness (QED) is 0.417. The molecule has 0 spiro atoms. The Bertz CT molecular complexity index is 994. The Hall–Kier alpha value is -3.58. The van der Waals surface area contributed by atoms with Crippen molar-refractivity contribution >= 4 is 17.9 Å². The van der Waals surface area contributed by atoms with Crippen molar-refractivity contribution in [3.05, 3.63) is 77.9 Å². The van der Waals surface area contributed by atoms with Crippen LogP contribution in [0.1, 0.15) is 34.3 Å². The fourth-order valence-electron chi connectivity index (χ4n) is 3.60. The van der Waals surface area contributed by atoms with E-state index in [0.29, 0.717) is 36.8 Å². The minimum absolute atomic E-state index is 0.0225. The Kier molecular flexibility index (Phi) is 8.66. The van der Waals surface area contributed by atoms with Gasteiger partial charge in [0.05, 0.1) is 13.2 Å². The Morgan fingerprint density at radius 1 is 1.21 bits per heavy atom. The summed E-state index contributed by atoms with van der Waals surface area (Å²) in [5.74, 6) is 0.609. The third kappa shape index (κ3) is 6.95. The van der Waals surface area contributed by atoms with Crippen molar-refractivity contribution < 1.29 is 23.8 Å². The van der Waals surface area contributed by atoms with Crippen molar-refractivity contribution in [3.8, 4) is 11.5 Å². The van der Waals surface area contributed by atoms with E-state index < -0.39 is 5.91 Å². The van der Waals surface area contributed by atoms with Gasteiger partial charge in [0.1, 0.15) is 6.61 Å². The van der Waals surface area contributed by atoms with E-state index in [9.17, 15) is 9.59 Å². The van der Waals surface area contributed by atoms with Gasteiger partial charge in [0, 0.05) is 31.3 Å². The van der Waals surface area contributed by atoms with Crippen LogP contribution in [0.5, 0.6) is 11.5 Å². The third-order valence-electron chi connectivity index (χ3n) is 5.33. The number of nitrogens with two attached hydrogens (primary N) is 1. The van der Waals surface area contributed by atoms with E-state index in [1.807, 2.05) is 18.2 Å². The fourth-order valence-corrected chi connectivity index (χ4v) is 3.60. The number of rotatable bonds is 11. The van der Waals surface area contributed by atoms with Gasteiger partial charge in [0.15, 0.2) is 11.5 Å². The van der Waals surface area contributed by atoms with Crippen molar-refractivity contribution in [3.63, 3.8) is 0 Å². The number of hydrogen-bond donors (Lipinski definition) is 1. The molecule has 174 valence electrons. The maximum absolute atomic E-state index is 13.1. The molecule has 7 nitrogen and oxygen atoms in total. The summed E-state index contributed by atoms with van der Waals surface area (Å²) in [6, 6.07) is 12.4. The van der Waals surface area contributed by atoms with E-state index in [4.69, 9.17) is 19.9 Å². The monoisotopic (exact) mass is 450 g/mol. The molecule has 2 N–H and O–H groups in total. The lowest BCUT2D eigenvalue weighted by Crippen LogP contribution is -2.35. The molecule has 0 aliphatic carbocycles. The molecule has 1 unspecified atom stereocenters. The molecule has 1 aliphatic heterocycles. The lowest BCUT2D eigenvalue weighted by Gasteiger charge is -2.25. The molecule has 7 heteroatoms. The standard InChI is InChI=1S/C26H30N2O5/c1-3-14-33-23-12-8-20(16-24(23)31-2)17-28(18-22-5-4-15-32-22)25(29)13-9-19-6-10-21(11-7-19)26(27)30/h3,6-13,16,22H,1,4-5,14-15,17-18H2,2H3,(H2,27,30). The summed E-state index contributed by atoms with van der Waals surface area (Å²) >= 11 is 0. The highest BCUT2D eigenvalue weighted by atomic mass is 16.5. The van der Waals surface area contributed by atoms with Gasteiger partial charge in [0.2, 0.25) is 11.8 Å². The van der Waals surface area contributed by atoms with Gasteiger partial charge in [0.25, 0.3) is 0 Å². The number of ether oxygens (including phenoxy) is 3. The lowest BCUT2D eigenvalue weighted by atomic mass is 10.1. The fraction of sp³-hybridized carbons (Fsp3) is 0.308. The summed E-state index contributed by atoms with van der Waals surface area (Å²) in [6.07, 6.45) is 6.88. The van der Waals surface area contributed by atoms with Crippen molar-refractivity contribution in [2.24, 2.45) is 5.73 Å². The number of nitrogens with zero attached hydrogens (tertiary/aromatic N) is 1. The molecule has 1 fully saturated rings. The summed E-state index contributed by atoms with van der Waals surface area (Å²) in [4.78, 5) is 26.1. The van der Waals surface area contributed by atoms with E-state index >= 15 is 0 Å². The molecule has 0 radical (unpaired) electrons. The second-order valence-corrected chi connectivity index (χ2v) is 7.76. The Balaban J connectivity index is 1.75. The molecule has 1 atom stereocenters. The molecule has 1 saturated heterocycles. The predicted molar refractivity (Wildman–Crippen MR) is 127 cm³/mol. The first-order valence-electron chi connectivity index (χ1n) is 10.9. The smallest absolute Gasteiger partial charge is 0.248 e. The highest BCUT2D eigenvalue weighted by Gasteiger charge is 2.22. The number of methoxy groups -OCH3 is 1.